The molecule has 3 heterocycles. The van der Waals surface area contributed by atoms with E-state index in [1.807, 2.05) is 43.5 Å². The third-order valence-corrected chi connectivity index (χ3v) is 5.89. The molecule has 5 rings (SSSR count). The number of rotatable bonds is 5. The Morgan fingerprint density at radius 1 is 1.19 bits per heavy atom. The van der Waals surface area contributed by atoms with Crippen LogP contribution in [-0.2, 0) is 12.8 Å². The van der Waals surface area contributed by atoms with Crippen LogP contribution < -0.4 is 10.9 Å². The van der Waals surface area contributed by atoms with Crippen molar-refractivity contribution in [1.29, 1.82) is 0 Å². The average Bonchev–Trinajstić information content (AvgIpc) is 3.27. The molecule has 31 heavy (non-hydrogen) atoms. The monoisotopic (exact) mass is 412 g/mol. The van der Waals surface area contributed by atoms with Crippen LogP contribution in [0.25, 0.3) is 11.3 Å². The Balaban J connectivity index is 1.67. The van der Waals surface area contributed by atoms with E-state index in [0.29, 0.717) is 18.1 Å². The number of allylic oxidation sites excluding steroid dienone is 2. The summed E-state index contributed by atoms with van der Waals surface area (Å²) in [4.78, 5) is 31.8. The van der Waals surface area contributed by atoms with Crippen LogP contribution in [0.2, 0.25) is 0 Å². The van der Waals surface area contributed by atoms with E-state index in [4.69, 9.17) is 4.98 Å². The van der Waals surface area contributed by atoms with E-state index >= 15 is 0 Å². The third kappa shape index (κ3) is 3.36. The van der Waals surface area contributed by atoms with Crippen molar-refractivity contribution < 1.29 is 0 Å². The number of fused-ring (bicyclic) bond motifs is 2. The molecular formula is C24H24N6O. The summed E-state index contributed by atoms with van der Waals surface area (Å²) < 4.78 is 1.75. The summed E-state index contributed by atoms with van der Waals surface area (Å²) in [5, 5.41) is 3.53. The molecule has 0 bridgehead atoms. The van der Waals surface area contributed by atoms with Crippen LogP contribution in [0, 0.1) is 0 Å². The number of hydrogen-bond donors (Lipinski definition) is 1. The Hall–Kier alpha value is -3.61. The van der Waals surface area contributed by atoms with Crippen LogP contribution in [-0.4, -0.2) is 25.7 Å². The molecule has 156 valence electrons. The van der Waals surface area contributed by atoms with Gasteiger partial charge in [-0.3, -0.25) is 9.36 Å². The summed E-state index contributed by atoms with van der Waals surface area (Å²) in [6.07, 6.45) is 8.61. The molecule has 0 saturated heterocycles. The van der Waals surface area contributed by atoms with Crippen molar-refractivity contribution in [1.82, 2.24) is 19.5 Å². The molecule has 1 aliphatic heterocycles. The number of benzene rings is 1. The lowest BCUT2D eigenvalue weighted by atomic mass is 9.96. The highest BCUT2D eigenvalue weighted by Crippen LogP contribution is 2.31. The van der Waals surface area contributed by atoms with Crippen LogP contribution in [0.5, 0.6) is 0 Å². The van der Waals surface area contributed by atoms with Gasteiger partial charge in [-0.05, 0) is 43.9 Å². The first-order valence-electron chi connectivity index (χ1n) is 10.7. The molecule has 0 amide bonds. The quantitative estimate of drug-likeness (QED) is 0.679. The van der Waals surface area contributed by atoms with Crippen LogP contribution in [0.1, 0.15) is 55.4 Å². The van der Waals surface area contributed by atoms with E-state index in [1.165, 1.54) is 6.33 Å². The second-order valence-electron chi connectivity index (χ2n) is 7.84. The molecule has 7 heteroatoms. The maximum Gasteiger partial charge on any atom is 0.265 e. The van der Waals surface area contributed by atoms with Gasteiger partial charge in [0, 0.05) is 18.2 Å². The molecule has 0 saturated carbocycles. The van der Waals surface area contributed by atoms with Gasteiger partial charge in [0.25, 0.3) is 5.56 Å². The lowest BCUT2D eigenvalue weighted by molar-refractivity contribution is 0.638. The van der Waals surface area contributed by atoms with Gasteiger partial charge in [0.05, 0.1) is 23.0 Å². The Kier molecular flexibility index (Phi) is 4.94. The Labute approximate surface area is 180 Å². The zero-order valence-electron chi connectivity index (χ0n) is 17.7. The Morgan fingerprint density at radius 3 is 2.84 bits per heavy atom. The van der Waals surface area contributed by atoms with Crippen molar-refractivity contribution in [3.8, 4) is 5.69 Å². The van der Waals surface area contributed by atoms with E-state index in [-0.39, 0.29) is 11.6 Å². The highest BCUT2D eigenvalue weighted by atomic mass is 16.1. The summed E-state index contributed by atoms with van der Waals surface area (Å²) >= 11 is 0. The summed E-state index contributed by atoms with van der Waals surface area (Å²) in [7, 11) is 0. The molecule has 1 N–H and O–H groups in total. The zero-order valence-corrected chi connectivity index (χ0v) is 17.7. The first-order valence-corrected chi connectivity index (χ1v) is 10.7. The highest BCUT2D eigenvalue weighted by Gasteiger charge is 2.26. The number of para-hydroxylation sites is 1. The van der Waals surface area contributed by atoms with Crippen molar-refractivity contribution in [3.05, 3.63) is 75.7 Å². The fraction of sp³-hybridized carbons (Fsp3) is 0.292. The largest absolute Gasteiger partial charge is 0.360 e. The van der Waals surface area contributed by atoms with E-state index in [1.54, 1.807) is 4.57 Å². The molecule has 0 radical (unpaired) electrons. The van der Waals surface area contributed by atoms with Crippen molar-refractivity contribution in [2.45, 2.75) is 45.6 Å². The number of aliphatic imine (C=N–C) groups is 1. The molecule has 3 aromatic rings. The van der Waals surface area contributed by atoms with Gasteiger partial charge in [0.15, 0.2) is 5.82 Å². The number of nitrogens with one attached hydrogen (secondary N) is 1. The van der Waals surface area contributed by atoms with Gasteiger partial charge in [-0.1, -0.05) is 31.2 Å². The first kappa shape index (κ1) is 19.4. The summed E-state index contributed by atoms with van der Waals surface area (Å²) in [6, 6.07) is 9.54. The van der Waals surface area contributed by atoms with Gasteiger partial charge in [-0.15, -0.1) is 0 Å². The molecule has 0 fully saturated rings. The zero-order chi connectivity index (χ0) is 21.4. The van der Waals surface area contributed by atoms with Gasteiger partial charge < -0.3 is 5.32 Å². The van der Waals surface area contributed by atoms with Gasteiger partial charge in [-0.25, -0.2) is 19.9 Å². The van der Waals surface area contributed by atoms with Gasteiger partial charge in [-0.2, -0.15) is 0 Å². The number of anilines is 1. The van der Waals surface area contributed by atoms with Gasteiger partial charge in [0.1, 0.15) is 18.0 Å². The fourth-order valence-corrected chi connectivity index (χ4v) is 4.31. The van der Waals surface area contributed by atoms with E-state index in [0.717, 1.165) is 53.2 Å². The summed E-state index contributed by atoms with van der Waals surface area (Å²) in [5.41, 5.74) is 4.38. The molecule has 2 aliphatic rings. The summed E-state index contributed by atoms with van der Waals surface area (Å²) in [5.74, 6) is 2.16. The Morgan fingerprint density at radius 2 is 2.03 bits per heavy atom. The maximum atomic E-state index is 13.7. The first-order chi connectivity index (χ1) is 15.2. The van der Waals surface area contributed by atoms with Crippen LogP contribution in [0.15, 0.2) is 52.5 Å². The smallest absolute Gasteiger partial charge is 0.265 e. The summed E-state index contributed by atoms with van der Waals surface area (Å²) in [6.45, 7) is 4.08. The minimum absolute atomic E-state index is 0.0175. The number of hydrogen-bond acceptors (Lipinski definition) is 6. The predicted octanol–water partition coefficient (Wildman–Crippen LogP) is 4.19. The van der Waals surface area contributed by atoms with E-state index < -0.39 is 0 Å². The molecule has 0 spiro atoms. The molecule has 1 atom stereocenters. The van der Waals surface area contributed by atoms with Crippen molar-refractivity contribution in [2.75, 3.05) is 5.32 Å². The normalized spacial score (nSPS) is 15.2. The molecule has 7 nitrogen and oxygen atoms in total. The topological polar surface area (TPSA) is 85.1 Å². The van der Waals surface area contributed by atoms with Crippen LogP contribution >= 0.6 is 0 Å². The number of aromatic nitrogens is 4. The SMILES string of the molecule is CC[C@H](Nc1ncnc2c1CC=N2)c1nc2c(c(=O)n1-c1ccccc1)C(C)=CCC2. The highest BCUT2D eigenvalue weighted by molar-refractivity contribution is 5.77. The lowest BCUT2D eigenvalue weighted by Gasteiger charge is -2.25. The standard InChI is InChI=1S/C24H24N6O/c1-3-18(28-22-17-12-13-25-21(17)26-14-27-22)23-29-19-11-7-8-15(2)20(19)24(31)30(23)16-9-5-4-6-10-16/h4-6,8-10,13-14,18H,3,7,11-12H2,1-2H3,(H,26,27,28)/t18-/m0/s1. The van der Waals surface area contributed by atoms with Crippen molar-refractivity contribution >= 4 is 23.4 Å². The van der Waals surface area contributed by atoms with Crippen LogP contribution in [0.3, 0.4) is 0 Å². The van der Waals surface area contributed by atoms with Crippen molar-refractivity contribution in [3.63, 3.8) is 0 Å². The number of aryl methyl sites for hydroxylation is 1. The van der Waals surface area contributed by atoms with Crippen LogP contribution in [0.4, 0.5) is 11.6 Å². The lowest BCUT2D eigenvalue weighted by Crippen LogP contribution is -2.32. The minimum atomic E-state index is -0.191. The molecule has 1 aliphatic carbocycles. The van der Waals surface area contributed by atoms with Gasteiger partial charge >= 0.3 is 0 Å². The minimum Gasteiger partial charge on any atom is -0.360 e. The molecule has 0 unspecified atom stereocenters. The predicted molar refractivity (Wildman–Crippen MR) is 122 cm³/mol. The third-order valence-electron chi connectivity index (χ3n) is 5.89. The van der Waals surface area contributed by atoms with Crippen molar-refractivity contribution in [2.24, 2.45) is 4.99 Å². The Bertz CT molecular complexity index is 1260. The second kappa shape index (κ2) is 7.91. The van der Waals surface area contributed by atoms with Gasteiger partial charge in [0.2, 0.25) is 0 Å². The molecular weight excluding hydrogens is 388 g/mol. The molecule has 1 aromatic carbocycles. The number of nitrogens with zero attached hydrogens (tertiary/aromatic N) is 5. The average molecular weight is 412 g/mol. The van der Waals surface area contributed by atoms with E-state index in [2.05, 4.69) is 33.3 Å². The fourth-order valence-electron chi connectivity index (χ4n) is 4.31. The maximum absolute atomic E-state index is 13.7. The molecule has 2 aromatic heterocycles. The second-order valence-corrected chi connectivity index (χ2v) is 7.84. The van der Waals surface area contributed by atoms with E-state index in [9.17, 15) is 4.79 Å².